The Morgan fingerprint density at radius 2 is 2.00 bits per heavy atom. The highest BCUT2D eigenvalue weighted by atomic mass is 35.5. The predicted molar refractivity (Wildman–Crippen MR) is 78.1 cm³/mol. The standard InChI is InChI=1S/C15H23ClN2/c1-3-18(2)11-10-17-15(12-4-5-12)13-6-8-14(16)9-7-13/h6-9,12,15,17H,3-5,10-11H2,1-2H3. The summed E-state index contributed by atoms with van der Waals surface area (Å²) in [6.45, 7) is 5.45. The Hall–Kier alpha value is -0.570. The van der Waals surface area contributed by atoms with Gasteiger partial charge in [0.1, 0.15) is 0 Å². The summed E-state index contributed by atoms with van der Waals surface area (Å²) in [6, 6.07) is 8.80. The monoisotopic (exact) mass is 266 g/mol. The van der Waals surface area contributed by atoms with E-state index < -0.39 is 0 Å². The average molecular weight is 267 g/mol. The van der Waals surface area contributed by atoms with Gasteiger partial charge in [0.25, 0.3) is 0 Å². The topological polar surface area (TPSA) is 15.3 Å². The second-order valence-electron chi connectivity index (χ2n) is 5.22. The first-order valence-corrected chi connectivity index (χ1v) is 7.26. The number of hydrogen-bond acceptors (Lipinski definition) is 2. The van der Waals surface area contributed by atoms with Crippen molar-refractivity contribution in [2.75, 3.05) is 26.7 Å². The molecule has 0 saturated heterocycles. The van der Waals surface area contributed by atoms with Gasteiger partial charge in [0.05, 0.1) is 0 Å². The van der Waals surface area contributed by atoms with Crippen LogP contribution in [0.5, 0.6) is 0 Å². The van der Waals surface area contributed by atoms with Gasteiger partial charge >= 0.3 is 0 Å². The summed E-state index contributed by atoms with van der Waals surface area (Å²) in [7, 11) is 2.16. The third kappa shape index (κ3) is 3.98. The van der Waals surface area contributed by atoms with E-state index in [9.17, 15) is 0 Å². The first-order valence-electron chi connectivity index (χ1n) is 6.88. The van der Waals surface area contributed by atoms with Gasteiger partial charge in [-0.1, -0.05) is 30.7 Å². The molecule has 1 aromatic carbocycles. The molecule has 1 aromatic rings. The van der Waals surface area contributed by atoms with Crippen LogP contribution in [0, 0.1) is 5.92 Å². The molecule has 18 heavy (non-hydrogen) atoms. The van der Waals surface area contributed by atoms with E-state index >= 15 is 0 Å². The number of halogens is 1. The summed E-state index contributed by atoms with van der Waals surface area (Å²) in [5.74, 6) is 0.818. The Morgan fingerprint density at radius 3 is 2.56 bits per heavy atom. The lowest BCUT2D eigenvalue weighted by Crippen LogP contribution is -2.32. The summed E-state index contributed by atoms with van der Waals surface area (Å²) in [6.07, 6.45) is 2.70. The molecular formula is C15H23ClN2. The van der Waals surface area contributed by atoms with Crippen molar-refractivity contribution in [3.63, 3.8) is 0 Å². The van der Waals surface area contributed by atoms with Gasteiger partial charge in [-0.2, -0.15) is 0 Å². The number of rotatable bonds is 7. The van der Waals surface area contributed by atoms with Crippen molar-refractivity contribution in [1.29, 1.82) is 0 Å². The van der Waals surface area contributed by atoms with Gasteiger partial charge in [-0.15, -0.1) is 0 Å². The maximum Gasteiger partial charge on any atom is 0.0406 e. The average Bonchev–Trinajstić information content (AvgIpc) is 3.20. The van der Waals surface area contributed by atoms with E-state index in [1.807, 2.05) is 12.1 Å². The zero-order chi connectivity index (χ0) is 13.0. The van der Waals surface area contributed by atoms with Crippen LogP contribution < -0.4 is 5.32 Å². The quantitative estimate of drug-likeness (QED) is 0.814. The fraction of sp³-hybridized carbons (Fsp3) is 0.600. The summed E-state index contributed by atoms with van der Waals surface area (Å²) >= 11 is 5.95. The molecule has 100 valence electrons. The number of nitrogens with one attached hydrogen (secondary N) is 1. The molecule has 1 unspecified atom stereocenters. The number of benzene rings is 1. The van der Waals surface area contributed by atoms with Gasteiger partial charge in [0.15, 0.2) is 0 Å². The van der Waals surface area contributed by atoms with Crippen molar-refractivity contribution >= 4 is 11.6 Å². The van der Waals surface area contributed by atoms with E-state index in [1.54, 1.807) is 0 Å². The molecule has 1 aliphatic rings. The van der Waals surface area contributed by atoms with Gasteiger partial charge in [-0.25, -0.2) is 0 Å². The summed E-state index contributed by atoms with van der Waals surface area (Å²) < 4.78 is 0. The van der Waals surface area contributed by atoms with Gasteiger partial charge in [-0.3, -0.25) is 0 Å². The minimum absolute atomic E-state index is 0.507. The Bertz CT molecular complexity index is 359. The molecule has 1 aliphatic carbocycles. The first kappa shape index (κ1) is 13.9. The van der Waals surface area contributed by atoms with Crippen LogP contribution in [0.2, 0.25) is 5.02 Å². The van der Waals surface area contributed by atoms with Gasteiger partial charge in [0.2, 0.25) is 0 Å². The van der Waals surface area contributed by atoms with E-state index in [0.717, 1.165) is 30.6 Å². The molecule has 0 aromatic heterocycles. The predicted octanol–water partition coefficient (Wildman–Crippen LogP) is 3.33. The molecule has 0 spiro atoms. The molecule has 0 amide bonds. The zero-order valence-electron chi connectivity index (χ0n) is 11.3. The highest BCUT2D eigenvalue weighted by Crippen LogP contribution is 2.41. The fourth-order valence-corrected chi connectivity index (χ4v) is 2.35. The largest absolute Gasteiger partial charge is 0.308 e. The van der Waals surface area contributed by atoms with Crippen LogP contribution in [0.25, 0.3) is 0 Å². The highest BCUT2D eigenvalue weighted by molar-refractivity contribution is 6.30. The normalized spacial score (nSPS) is 17.1. The molecule has 0 bridgehead atoms. The van der Waals surface area contributed by atoms with Crippen LogP contribution in [0.1, 0.15) is 31.4 Å². The lowest BCUT2D eigenvalue weighted by Gasteiger charge is -2.21. The van der Waals surface area contributed by atoms with Crippen molar-refractivity contribution in [2.24, 2.45) is 5.92 Å². The molecule has 0 radical (unpaired) electrons. The van der Waals surface area contributed by atoms with Crippen molar-refractivity contribution in [3.8, 4) is 0 Å². The van der Waals surface area contributed by atoms with E-state index in [1.165, 1.54) is 18.4 Å². The van der Waals surface area contributed by atoms with Crippen LogP contribution in [0.15, 0.2) is 24.3 Å². The van der Waals surface area contributed by atoms with Crippen LogP contribution in [0.3, 0.4) is 0 Å². The third-order valence-electron chi connectivity index (χ3n) is 3.72. The molecular weight excluding hydrogens is 244 g/mol. The molecule has 0 heterocycles. The smallest absolute Gasteiger partial charge is 0.0406 e. The second kappa shape index (κ2) is 6.55. The molecule has 3 heteroatoms. The summed E-state index contributed by atoms with van der Waals surface area (Å²) in [5.41, 5.74) is 1.38. The van der Waals surface area contributed by atoms with Crippen molar-refractivity contribution < 1.29 is 0 Å². The van der Waals surface area contributed by atoms with Gasteiger partial charge in [0, 0.05) is 24.2 Å². The zero-order valence-corrected chi connectivity index (χ0v) is 12.1. The maximum absolute atomic E-state index is 5.95. The Balaban J connectivity index is 1.90. The van der Waals surface area contributed by atoms with E-state index in [2.05, 4.69) is 36.3 Å². The van der Waals surface area contributed by atoms with Gasteiger partial charge in [-0.05, 0) is 50.0 Å². The van der Waals surface area contributed by atoms with E-state index in [-0.39, 0.29) is 0 Å². The molecule has 1 saturated carbocycles. The SMILES string of the molecule is CCN(C)CCNC(c1ccc(Cl)cc1)C1CC1. The summed E-state index contributed by atoms with van der Waals surface area (Å²) in [5, 5.41) is 4.52. The number of nitrogens with zero attached hydrogens (tertiary/aromatic N) is 1. The Morgan fingerprint density at radius 1 is 1.33 bits per heavy atom. The number of hydrogen-bond donors (Lipinski definition) is 1. The minimum atomic E-state index is 0.507. The van der Waals surface area contributed by atoms with Crippen molar-refractivity contribution in [1.82, 2.24) is 10.2 Å². The molecule has 0 aliphatic heterocycles. The minimum Gasteiger partial charge on any atom is -0.308 e. The molecule has 2 rings (SSSR count). The van der Waals surface area contributed by atoms with E-state index in [4.69, 9.17) is 11.6 Å². The lowest BCUT2D eigenvalue weighted by molar-refractivity contribution is 0.334. The van der Waals surface area contributed by atoms with Gasteiger partial charge < -0.3 is 10.2 Å². The highest BCUT2D eigenvalue weighted by Gasteiger charge is 2.31. The third-order valence-corrected chi connectivity index (χ3v) is 3.97. The maximum atomic E-state index is 5.95. The molecule has 1 fully saturated rings. The number of likely N-dealkylation sites (N-methyl/N-ethyl adjacent to an activating group) is 1. The van der Waals surface area contributed by atoms with Crippen LogP contribution in [-0.2, 0) is 0 Å². The molecule has 2 nitrogen and oxygen atoms in total. The van der Waals surface area contributed by atoms with Crippen molar-refractivity contribution in [3.05, 3.63) is 34.9 Å². The van der Waals surface area contributed by atoms with Crippen molar-refractivity contribution in [2.45, 2.75) is 25.8 Å². The Labute approximate surface area is 115 Å². The Kier molecular flexibility index (Phi) is 5.04. The van der Waals surface area contributed by atoms with E-state index in [0.29, 0.717) is 6.04 Å². The van der Waals surface area contributed by atoms with Crippen LogP contribution in [-0.4, -0.2) is 31.6 Å². The lowest BCUT2D eigenvalue weighted by atomic mass is 10.0. The molecule has 1 N–H and O–H groups in total. The van der Waals surface area contributed by atoms with Crippen LogP contribution in [0.4, 0.5) is 0 Å². The van der Waals surface area contributed by atoms with Crippen LogP contribution >= 0.6 is 11.6 Å². The fourth-order valence-electron chi connectivity index (χ4n) is 2.23. The second-order valence-corrected chi connectivity index (χ2v) is 5.65. The molecule has 1 atom stereocenters. The summed E-state index contributed by atoms with van der Waals surface area (Å²) in [4.78, 5) is 2.33. The first-order chi connectivity index (χ1) is 8.70.